The number of methoxy groups -OCH3 is 1. The molecule has 0 unspecified atom stereocenters. The summed E-state index contributed by atoms with van der Waals surface area (Å²) in [6.45, 7) is 7.44. The molecule has 0 spiro atoms. The lowest BCUT2D eigenvalue weighted by Crippen LogP contribution is -2.18. The van der Waals surface area contributed by atoms with Gasteiger partial charge in [-0.05, 0) is 57.9 Å². The number of carbonyl (C=O) groups excluding carboxylic acids is 2. The molecular weight excluding hydrogens is 386 g/mol. The van der Waals surface area contributed by atoms with Crippen molar-refractivity contribution >= 4 is 11.8 Å². The maximum absolute atomic E-state index is 12.7. The average Bonchev–Trinajstić information content (AvgIpc) is 3.36. The molecule has 7 heteroatoms. The lowest BCUT2D eigenvalue weighted by molar-refractivity contribution is 0.0474. The van der Waals surface area contributed by atoms with E-state index in [-0.39, 0.29) is 18.5 Å². The Labute approximate surface area is 176 Å². The highest BCUT2D eigenvalue weighted by atomic mass is 16.5. The summed E-state index contributed by atoms with van der Waals surface area (Å²) < 4.78 is 23.8. The van der Waals surface area contributed by atoms with Crippen LogP contribution in [0, 0.1) is 13.8 Å². The maximum Gasteiger partial charge on any atom is 0.338 e. The number of rotatable bonds is 9. The maximum atomic E-state index is 12.7. The number of Topliss-reactive ketones (excluding diaryl/α,β-unsaturated/α-hetero) is 1. The molecule has 1 aromatic carbocycles. The fourth-order valence-corrected chi connectivity index (χ4v) is 3.72. The Balaban J connectivity index is 1.64. The molecule has 162 valence electrons. The Morgan fingerprint density at radius 3 is 2.67 bits per heavy atom. The van der Waals surface area contributed by atoms with Gasteiger partial charge in [0.1, 0.15) is 0 Å². The van der Waals surface area contributed by atoms with Gasteiger partial charge in [0.2, 0.25) is 5.78 Å². The Morgan fingerprint density at radius 2 is 2.00 bits per heavy atom. The normalized spacial score (nSPS) is 15.8. The number of aryl methyl sites for hydroxylation is 1. The monoisotopic (exact) mass is 415 g/mol. The van der Waals surface area contributed by atoms with Gasteiger partial charge < -0.3 is 23.5 Å². The highest BCUT2D eigenvalue weighted by molar-refractivity contribution is 6.00. The fraction of sp³-hybridized carbons (Fsp3) is 0.478. The van der Waals surface area contributed by atoms with E-state index in [1.165, 1.54) is 7.11 Å². The van der Waals surface area contributed by atoms with Crippen molar-refractivity contribution in [2.75, 3.05) is 26.9 Å². The molecule has 1 aliphatic heterocycles. The van der Waals surface area contributed by atoms with E-state index in [1.54, 1.807) is 18.2 Å². The van der Waals surface area contributed by atoms with Gasteiger partial charge in [0.25, 0.3) is 0 Å². The number of ether oxygens (including phenoxy) is 4. The number of carbonyl (C=O) groups is 2. The van der Waals surface area contributed by atoms with Crippen LogP contribution < -0.4 is 9.47 Å². The van der Waals surface area contributed by atoms with E-state index in [2.05, 4.69) is 4.57 Å². The molecule has 7 nitrogen and oxygen atoms in total. The van der Waals surface area contributed by atoms with Crippen LogP contribution in [0.1, 0.15) is 51.9 Å². The number of esters is 1. The lowest BCUT2D eigenvalue weighted by Gasteiger charge is -2.14. The summed E-state index contributed by atoms with van der Waals surface area (Å²) in [7, 11) is 1.50. The molecule has 0 amide bonds. The Bertz CT molecular complexity index is 911. The number of ketones is 1. The first-order chi connectivity index (χ1) is 14.4. The van der Waals surface area contributed by atoms with Crippen molar-refractivity contribution in [2.45, 2.75) is 46.3 Å². The van der Waals surface area contributed by atoms with E-state index >= 15 is 0 Å². The Morgan fingerprint density at radius 1 is 1.20 bits per heavy atom. The summed E-state index contributed by atoms with van der Waals surface area (Å²) in [5.41, 5.74) is 2.73. The Hall–Kier alpha value is -2.80. The van der Waals surface area contributed by atoms with Crippen LogP contribution in [-0.4, -0.2) is 49.4 Å². The average molecular weight is 415 g/mol. The number of hydrogen-bond donors (Lipinski definition) is 0. The van der Waals surface area contributed by atoms with Crippen molar-refractivity contribution in [2.24, 2.45) is 0 Å². The number of benzene rings is 1. The van der Waals surface area contributed by atoms with Crippen molar-refractivity contribution in [1.29, 1.82) is 0 Å². The third kappa shape index (κ3) is 4.84. The number of nitrogens with zero attached hydrogens (tertiary/aromatic N) is 1. The standard InChI is InChI=1S/C23H29NO6/c1-5-28-21-9-8-17(12-22(21)27-4)23(26)30-14-20(25)19-11-15(2)24(16(19)3)13-18-7-6-10-29-18/h8-9,11-12,18H,5-7,10,13-14H2,1-4H3/t18-/m1/s1. The second kappa shape index (κ2) is 9.80. The van der Waals surface area contributed by atoms with E-state index < -0.39 is 5.97 Å². The molecule has 0 bridgehead atoms. The second-order valence-electron chi connectivity index (χ2n) is 7.33. The molecule has 1 aliphatic rings. The quantitative estimate of drug-likeness (QED) is 0.459. The van der Waals surface area contributed by atoms with Gasteiger partial charge in [-0.1, -0.05) is 0 Å². The van der Waals surface area contributed by atoms with Gasteiger partial charge in [-0.3, -0.25) is 4.79 Å². The number of hydrogen-bond acceptors (Lipinski definition) is 6. The highest BCUT2D eigenvalue weighted by Gasteiger charge is 2.22. The molecule has 0 N–H and O–H groups in total. The largest absolute Gasteiger partial charge is 0.493 e. The van der Waals surface area contributed by atoms with Gasteiger partial charge in [0.05, 0.1) is 25.4 Å². The summed E-state index contributed by atoms with van der Waals surface area (Å²) in [6, 6.07) is 6.64. The van der Waals surface area contributed by atoms with Crippen LogP contribution in [0.2, 0.25) is 0 Å². The van der Waals surface area contributed by atoms with Crippen LogP contribution in [0.3, 0.4) is 0 Å². The Kier molecular flexibility index (Phi) is 7.15. The molecule has 30 heavy (non-hydrogen) atoms. The van der Waals surface area contributed by atoms with Crippen LogP contribution in [0.5, 0.6) is 11.5 Å². The molecule has 0 radical (unpaired) electrons. The molecule has 1 saturated heterocycles. The van der Waals surface area contributed by atoms with E-state index in [0.717, 1.165) is 37.4 Å². The third-order valence-electron chi connectivity index (χ3n) is 5.32. The zero-order chi connectivity index (χ0) is 21.7. The van der Waals surface area contributed by atoms with Gasteiger partial charge >= 0.3 is 5.97 Å². The zero-order valence-electron chi connectivity index (χ0n) is 18.0. The summed E-state index contributed by atoms with van der Waals surface area (Å²) >= 11 is 0. The predicted molar refractivity (Wildman–Crippen MR) is 112 cm³/mol. The molecular formula is C23H29NO6. The van der Waals surface area contributed by atoms with Crippen LogP contribution in [0.15, 0.2) is 24.3 Å². The summed E-state index contributed by atoms with van der Waals surface area (Å²) in [6.07, 6.45) is 2.29. The first-order valence-corrected chi connectivity index (χ1v) is 10.2. The lowest BCUT2D eigenvalue weighted by atomic mass is 10.1. The smallest absolute Gasteiger partial charge is 0.338 e. The van der Waals surface area contributed by atoms with Crippen LogP contribution in [-0.2, 0) is 16.0 Å². The van der Waals surface area contributed by atoms with E-state index in [9.17, 15) is 9.59 Å². The molecule has 2 heterocycles. The van der Waals surface area contributed by atoms with Crippen molar-refractivity contribution in [1.82, 2.24) is 4.57 Å². The van der Waals surface area contributed by atoms with Gasteiger partial charge in [-0.15, -0.1) is 0 Å². The molecule has 1 fully saturated rings. The van der Waals surface area contributed by atoms with Crippen molar-refractivity contribution in [3.8, 4) is 11.5 Å². The molecule has 2 aromatic rings. The topological polar surface area (TPSA) is 76.0 Å². The predicted octanol–water partition coefficient (Wildman–Crippen LogP) is 3.73. The highest BCUT2D eigenvalue weighted by Crippen LogP contribution is 2.28. The first-order valence-electron chi connectivity index (χ1n) is 10.2. The molecule has 0 aliphatic carbocycles. The zero-order valence-corrected chi connectivity index (χ0v) is 18.0. The molecule has 3 rings (SSSR count). The van der Waals surface area contributed by atoms with Crippen LogP contribution in [0.25, 0.3) is 0 Å². The third-order valence-corrected chi connectivity index (χ3v) is 5.32. The summed E-state index contributed by atoms with van der Waals surface area (Å²) in [5, 5.41) is 0. The minimum absolute atomic E-state index is 0.185. The van der Waals surface area contributed by atoms with Gasteiger partial charge in [0, 0.05) is 30.1 Å². The van der Waals surface area contributed by atoms with E-state index in [0.29, 0.717) is 29.2 Å². The first kappa shape index (κ1) is 21.9. The summed E-state index contributed by atoms with van der Waals surface area (Å²) in [5.74, 6) is 0.174. The summed E-state index contributed by atoms with van der Waals surface area (Å²) in [4.78, 5) is 25.1. The second-order valence-corrected chi connectivity index (χ2v) is 7.33. The van der Waals surface area contributed by atoms with Gasteiger partial charge in [0.15, 0.2) is 18.1 Å². The van der Waals surface area contributed by atoms with Gasteiger partial charge in [-0.25, -0.2) is 4.79 Å². The molecule has 1 atom stereocenters. The van der Waals surface area contributed by atoms with Crippen molar-refractivity contribution in [3.63, 3.8) is 0 Å². The van der Waals surface area contributed by atoms with Crippen molar-refractivity contribution < 1.29 is 28.5 Å². The van der Waals surface area contributed by atoms with Crippen LogP contribution >= 0.6 is 0 Å². The fourth-order valence-electron chi connectivity index (χ4n) is 3.72. The SMILES string of the molecule is CCOc1ccc(C(=O)OCC(=O)c2cc(C)n(C[C@H]3CCCO3)c2C)cc1OC. The minimum Gasteiger partial charge on any atom is -0.493 e. The van der Waals surface area contributed by atoms with Gasteiger partial charge in [-0.2, -0.15) is 0 Å². The molecule has 1 aromatic heterocycles. The van der Waals surface area contributed by atoms with E-state index in [4.69, 9.17) is 18.9 Å². The number of aromatic nitrogens is 1. The van der Waals surface area contributed by atoms with Crippen molar-refractivity contribution in [3.05, 3.63) is 46.8 Å². The minimum atomic E-state index is -0.585. The van der Waals surface area contributed by atoms with E-state index in [1.807, 2.05) is 26.8 Å². The van der Waals surface area contributed by atoms with Crippen LogP contribution in [0.4, 0.5) is 0 Å². The molecule has 0 saturated carbocycles.